The van der Waals surface area contributed by atoms with E-state index in [4.69, 9.17) is 18.0 Å². The summed E-state index contributed by atoms with van der Waals surface area (Å²) in [6.45, 7) is 1.98. The molecule has 0 aromatic heterocycles. The van der Waals surface area contributed by atoms with E-state index in [0.29, 0.717) is 0 Å². The van der Waals surface area contributed by atoms with Crippen LogP contribution in [0, 0.1) is 0 Å². The van der Waals surface area contributed by atoms with E-state index in [9.17, 15) is 0 Å². The molecule has 1 rings (SSSR count). The van der Waals surface area contributed by atoms with Gasteiger partial charge in [-0.25, -0.2) is 0 Å². The summed E-state index contributed by atoms with van der Waals surface area (Å²) in [4.78, 5) is 0. The van der Waals surface area contributed by atoms with Crippen molar-refractivity contribution in [2.75, 3.05) is 21.3 Å². The molecule has 1 aliphatic rings. The Kier molecular flexibility index (Phi) is 2.66. The zero-order valence-corrected chi connectivity index (χ0v) is 8.29. The van der Waals surface area contributed by atoms with Crippen LogP contribution in [0.1, 0.15) is 6.92 Å². The van der Waals surface area contributed by atoms with Crippen molar-refractivity contribution in [1.29, 1.82) is 0 Å². The highest BCUT2D eigenvalue weighted by Crippen LogP contribution is 2.31. The van der Waals surface area contributed by atoms with Gasteiger partial charge < -0.3 is 18.0 Å². The summed E-state index contributed by atoms with van der Waals surface area (Å²) in [5.74, 6) is 0. The maximum absolute atomic E-state index is 5.24. The average Bonchev–Trinajstić information content (AvgIpc) is 2.73. The zero-order chi connectivity index (χ0) is 8.48. The third-order valence-electron chi connectivity index (χ3n) is 1.91. The van der Waals surface area contributed by atoms with Crippen molar-refractivity contribution in [3.63, 3.8) is 0 Å². The molecule has 2 unspecified atom stereocenters. The van der Waals surface area contributed by atoms with Crippen LogP contribution in [0.15, 0.2) is 0 Å². The molecule has 11 heavy (non-hydrogen) atoms. The molecular weight excluding hydrogens is 164 g/mol. The van der Waals surface area contributed by atoms with Crippen LogP contribution in [0.2, 0.25) is 0 Å². The van der Waals surface area contributed by atoms with E-state index in [0.717, 1.165) is 0 Å². The number of ether oxygens (including phenoxy) is 1. The summed E-state index contributed by atoms with van der Waals surface area (Å²) in [6, 6.07) is 0. The van der Waals surface area contributed by atoms with Crippen LogP contribution in [0.3, 0.4) is 0 Å². The van der Waals surface area contributed by atoms with E-state index >= 15 is 0 Å². The van der Waals surface area contributed by atoms with Crippen molar-refractivity contribution in [2.24, 2.45) is 0 Å². The van der Waals surface area contributed by atoms with Gasteiger partial charge in [0.05, 0.1) is 6.10 Å². The van der Waals surface area contributed by atoms with Gasteiger partial charge in [-0.15, -0.1) is 0 Å². The highest BCUT2D eigenvalue weighted by molar-refractivity contribution is 6.63. The molecule has 1 heterocycles. The summed E-state index contributed by atoms with van der Waals surface area (Å²) in [5.41, 5.74) is 0.0301. The molecule has 4 nitrogen and oxygen atoms in total. The summed E-state index contributed by atoms with van der Waals surface area (Å²) < 4.78 is 20.8. The van der Waals surface area contributed by atoms with E-state index < -0.39 is 8.80 Å². The first-order valence-corrected chi connectivity index (χ1v) is 5.31. The van der Waals surface area contributed by atoms with Crippen LogP contribution >= 0.6 is 0 Å². The Morgan fingerprint density at radius 2 is 1.45 bits per heavy atom. The number of hydrogen-bond acceptors (Lipinski definition) is 4. The normalized spacial score (nSPS) is 30.5. The fourth-order valence-electron chi connectivity index (χ4n) is 1.16. The monoisotopic (exact) mass is 178 g/mol. The molecule has 1 aliphatic heterocycles. The van der Waals surface area contributed by atoms with Gasteiger partial charge in [0, 0.05) is 21.3 Å². The fraction of sp³-hybridized carbons (Fsp3) is 1.00. The standard InChI is InChI=1S/C6H14O4Si/c1-5-6(10-5)11(7-2,8-3)9-4/h5-6H,1-4H3. The number of rotatable bonds is 4. The third kappa shape index (κ3) is 1.47. The van der Waals surface area contributed by atoms with Crippen LogP contribution in [0.5, 0.6) is 0 Å². The Morgan fingerprint density at radius 3 is 1.55 bits per heavy atom. The molecule has 1 fully saturated rings. The van der Waals surface area contributed by atoms with Crippen LogP contribution in [0.25, 0.3) is 0 Å². The average molecular weight is 178 g/mol. The van der Waals surface area contributed by atoms with E-state index in [1.807, 2.05) is 6.92 Å². The topological polar surface area (TPSA) is 40.2 Å². The van der Waals surface area contributed by atoms with Gasteiger partial charge in [0.15, 0.2) is 5.73 Å². The van der Waals surface area contributed by atoms with Crippen molar-refractivity contribution in [3.05, 3.63) is 0 Å². The zero-order valence-electron chi connectivity index (χ0n) is 7.29. The Labute approximate surface area is 67.8 Å². The Bertz CT molecular complexity index is 128. The first-order valence-electron chi connectivity index (χ1n) is 3.51. The van der Waals surface area contributed by atoms with Gasteiger partial charge in [-0.05, 0) is 6.92 Å². The van der Waals surface area contributed by atoms with Gasteiger partial charge >= 0.3 is 8.80 Å². The molecular formula is C6H14O4Si. The van der Waals surface area contributed by atoms with E-state index in [-0.39, 0.29) is 11.8 Å². The Hall–Kier alpha value is 0.0569. The molecule has 5 heteroatoms. The highest BCUT2D eigenvalue weighted by atomic mass is 28.4. The second-order valence-electron chi connectivity index (χ2n) is 2.48. The lowest BCUT2D eigenvalue weighted by Crippen LogP contribution is -2.49. The van der Waals surface area contributed by atoms with Gasteiger partial charge in [0.1, 0.15) is 0 Å². The minimum Gasteiger partial charge on any atom is -0.375 e. The van der Waals surface area contributed by atoms with Crippen LogP contribution < -0.4 is 0 Å². The molecule has 0 bridgehead atoms. The molecule has 0 saturated carbocycles. The minimum absolute atomic E-state index is 0.0301. The van der Waals surface area contributed by atoms with Crippen molar-refractivity contribution >= 4 is 8.80 Å². The maximum Gasteiger partial charge on any atom is 0.533 e. The second kappa shape index (κ2) is 3.20. The molecule has 1 saturated heterocycles. The lowest BCUT2D eigenvalue weighted by atomic mass is 10.6. The summed E-state index contributed by atoms with van der Waals surface area (Å²) >= 11 is 0. The summed E-state index contributed by atoms with van der Waals surface area (Å²) in [6.07, 6.45) is 0.210. The molecule has 0 aromatic carbocycles. The van der Waals surface area contributed by atoms with Crippen LogP contribution in [-0.4, -0.2) is 42.0 Å². The van der Waals surface area contributed by atoms with Crippen molar-refractivity contribution in [2.45, 2.75) is 18.8 Å². The van der Waals surface area contributed by atoms with Crippen molar-refractivity contribution < 1.29 is 18.0 Å². The third-order valence-corrected chi connectivity index (χ3v) is 4.92. The number of hydrogen-bond donors (Lipinski definition) is 0. The molecule has 66 valence electrons. The molecule has 0 N–H and O–H groups in total. The Morgan fingerprint density at radius 1 is 1.09 bits per heavy atom. The molecule has 0 aromatic rings. The quantitative estimate of drug-likeness (QED) is 0.455. The fourth-order valence-corrected chi connectivity index (χ4v) is 3.31. The highest BCUT2D eigenvalue weighted by Gasteiger charge is 2.60. The van der Waals surface area contributed by atoms with Crippen LogP contribution in [-0.2, 0) is 18.0 Å². The first-order chi connectivity index (χ1) is 5.20. The molecule has 0 aliphatic carbocycles. The van der Waals surface area contributed by atoms with Crippen molar-refractivity contribution in [3.8, 4) is 0 Å². The molecule has 0 amide bonds. The van der Waals surface area contributed by atoms with Gasteiger partial charge in [-0.3, -0.25) is 0 Å². The first kappa shape index (κ1) is 9.15. The van der Waals surface area contributed by atoms with Crippen molar-refractivity contribution in [1.82, 2.24) is 0 Å². The Balaban J connectivity index is 2.57. The second-order valence-corrected chi connectivity index (χ2v) is 5.48. The molecule has 0 radical (unpaired) electrons. The van der Waals surface area contributed by atoms with Gasteiger partial charge in [-0.1, -0.05) is 0 Å². The largest absolute Gasteiger partial charge is 0.533 e. The van der Waals surface area contributed by atoms with Gasteiger partial charge in [-0.2, -0.15) is 0 Å². The van der Waals surface area contributed by atoms with E-state index in [1.54, 1.807) is 21.3 Å². The lowest BCUT2D eigenvalue weighted by Gasteiger charge is -2.22. The molecule has 2 atom stereocenters. The maximum atomic E-state index is 5.24. The summed E-state index contributed by atoms with van der Waals surface area (Å²) in [7, 11) is 2.30. The summed E-state index contributed by atoms with van der Waals surface area (Å²) in [5, 5.41) is 0. The van der Waals surface area contributed by atoms with Gasteiger partial charge in [0.25, 0.3) is 0 Å². The molecule has 0 spiro atoms. The SMILES string of the molecule is CO[Si](OC)(OC)C1OC1C. The minimum atomic E-state index is -2.47. The smallest absolute Gasteiger partial charge is 0.375 e. The predicted molar refractivity (Wildman–Crippen MR) is 41.1 cm³/mol. The van der Waals surface area contributed by atoms with Gasteiger partial charge in [0.2, 0.25) is 0 Å². The predicted octanol–water partition coefficient (Wildman–Crippen LogP) is 0.191. The van der Waals surface area contributed by atoms with E-state index in [2.05, 4.69) is 0 Å². The van der Waals surface area contributed by atoms with E-state index in [1.165, 1.54) is 0 Å². The van der Waals surface area contributed by atoms with Crippen LogP contribution in [0.4, 0.5) is 0 Å². The number of epoxide rings is 1. The lowest BCUT2D eigenvalue weighted by molar-refractivity contribution is 0.110.